The molecule has 0 radical (unpaired) electrons. The highest BCUT2D eigenvalue weighted by Crippen LogP contribution is 2.64. The molecule has 3 fully saturated rings. The molecule has 0 aromatic rings. The summed E-state index contributed by atoms with van der Waals surface area (Å²) in [5.74, 6) is 1.17. The Morgan fingerprint density at radius 3 is 2.83 bits per heavy atom. The van der Waals surface area contributed by atoms with Crippen molar-refractivity contribution in [1.82, 2.24) is 0 Å². The number of carbonyl (C=O) groups is 1. The van der Waals surface area contributed by atoms with Crippen LogP contribution in [0.4, 0.5) is 0 Å². The number of hydrogen-bond acceptors (Lipinski definition) is 3. The van der Waals surface area contributed by atoms with Crippen molar-refractivity contribution in [3.05, 3.63) is 24.3 Å². The van der Waals surface area contributed by atoms with Crippen LogP contribution in [0.5, 0.6) is 0 Å². The molecule has 4 rings (SSSR count). The van der Waals surface area contributed by atoms with Gasteiger partial charge in [0.2, 0.25) is 0 Å². The highest BCUT2D eigenvalue weighted by atomic mass is 16.6. The summed E-state index contributed by atoms with van der Waals surface area (Å²) in [7, 11) is 0. The molecule has 3 heteroatoms. The first-order chi connectivity index (χ1) is 11.0. The molecule has 0 aromatic heterocycles. The first kappa shape index (κ1) is 15.4. The third-order valence-corrected chi connectivity index (χ3v) is 7.61. The maximum Gasteiger partial charge on any atom is 0.334 e. The van der Waals surface area contributed by atoms with E-state index in [-0.39, 0.29) is 22.4 Å². The lowest BCUT2D eigenvalue weighted by atomic mass is 9.46. The molecule has 2 saturated heterocycles. The fourth-order valence-corrected chi connectivity index (χ4v) is 5.65. The Hall–Kier alpha value is -1.09. The standard InChI is InChI=1S/C20H28O3/c1-4-19(12-23-19)11-10-18(3)14(2)8-9-20-13-22-17(21)15(20)6-5-7-16(18)20/h4,6,14,16H,1,5,7-13H2,2-3H3/t14-,16-,18+,19?,20?/m1/s1. The van der Waals surface area contributed by atoms with E-state index in [2.05, 4.69) is 26.5 Å². The van der Waals surface area contributed by atoms with E-state index in [1.807, 2.05) is 6.08 Å². The second kappa shape index (κ2) is 4.95. The number of ether oxygens (including phenoxy) is 2. The Kier molecular flexibility index (Phi) is 3.32. The number of cyclic esters (lactones) is 1. The van der Waals surface area contributed by atoms with Gasteiger partial charge in [-0.15, -0.1) is 6.58 Å². The summed E-state index contributed by atoms with van der Waals surface area (Å²) in [5, 5.41) is 0. The average Bonchev–Trinajstić information content (AvgIpc) is 3.28. The van der Waals surface area contributed by atoms with E-state index >= 15 is 0 Å². The Balaban J connectivity index is 1.64. The summed E-state index contributed by atoms with van der Waals surface area (Å²) in [4.78, 5) is 12.2. The van der Waals surface area contributed by atoms with Gasteiger partial charge in [0.05, 0.1) is 6.61 Å². The lowest BCUT2D eigenvalue weighted by molar-refractivity contribution is -0.135. The predicted octanol–water partition coefficient (Wildman–Crippen LogP) is 4.04. The van der Waals surface area contributed by atoms with Crippen LogP contribution < -0.4 is 0 Å². The molecule has 126 valence electrons. The fourth-order valence-electron chi connectivity index (χ4n) is 5.65. The number of rotatable bonds is 4. The molecule has 0 aromatic carbocycles. The zero-order chi connectivity index (χ0) is 16.3. The van der Waals surface area contributed by atoms with Crippen LogP contribution >= 0.6 is 0 Å². The maximum atomic E-state index is 12.2. The van der Waals surface area contributed by atoms with Crippen LogP contribution in [0.3, 0.4) is 0 Å². The van der Waals surface area contributed by atoms with Crippen molar-refractivity contribution in [3.8, 4) is 0 Å². The van der Waals surface area contributed by atoms with Gasteiger partial charge in [-0.1, -0.05) is 26.0 Å². The topological polar surface area (TPSA) is 38.8 Å². The molecule has 23 heavy (non-hydrogen) atoms. The minimum absolute atomic E-state index is 0.0116. The first-order valence-electron chi connectivity index (χ1n) is 9.11. The first-order valence-corrected chi connectivity index (χ1v) is 9.11. The third kappa shape index (κ3) is 2.08. The summed E-state index contributed by atoms with van der Waals surface area (Å²) in [6.45, 7) is 10.2. The SMILES string of the molecule is C=CC1(CC[C@@]2(C)[C@H](C)CCC34COC(=O)C3=CCC[C@@H]42)CO1. The van der Waals surface area contributed by atoms with Gasteiger partial charge in [0.25, 0.3) is 0 Å². The molecule has 5 atom stereocenters. The van der Waals surface area contributed by atoms with Crippen molar-refractivity contribution in [2.45, 2.75) is 58.0 Å². The van der Waals surface area contributed by atoms with E-state index in [1.54, 1.807) is 0 Å². The smallest absolute Gasteiger partial charge is 0.334 e. The molecule has 0 amide bonds. The van der Waals surface area contributed by atoms with Gasteiger partial charge < -0.3 is 9.47 Å². The predicted molar refractivity (Wildman–Crippen MR) is 88.8 cm³/mol. The van der Waals surface area contributed by atoms with E-state index < -0.39 is 0 Å². The van der Waals surface area contributed by atoms with Crippen LogP contribution in [0.1, 0.15) is 52.4 Å². The van der Waals surface area contributed by atoms with Gasteiger partial charge in [0.15, 0.2) is 0 Å². The Morgan fingerprint density at radius 1 is 1.35 bits per heavy atom. The van der Waals surface area contributed by atoms with Crippen molar-refractivity contribution in [2.24, 2.45) is 22.7 Å². The molecule has 4 aliphatic rings. The van der Waals surface area contributed by atoms with Gasteiger partial charge in [-0.2, -0.15) is 0 Å². The van der Waals surface area contributed by atoms with Gasteiger partial charge in [-0.3, -0.25) is 0 Å². The van der Waals surface area contributed by atoms with Crippen LogP contribution in [0.25, 0.3) is 0 Å². The second-order valence-electron chi connectivity index (χ2n) is 8.48. The molecule has 2 aliphatic carbocycles. The van der Waals surface area contributed by atoms with Crippen molar-refractivity contribution in [2.75, 3.05) is 13.2 Å². The Labute approximate surface area is 139 Å². The second-order valence-corrected chi connectivity index (χ2v) is 8.48. The molecule has 2 aliphatic heterocycles. The van der Waals surface area contributed by atoms with E-state index in [4.69, 9.17) is 9.47 Å². The van der Waals surface area contributed by atoms with E-state index in [0.29, 0.717) is 18.4 Å². The van der Waals surface area contributed by atoms with Gasteiger partial charge in [0.1, 0.15) is 12.2 Å². The minimum Gasteiger partial charge on any atom is -0.461 e. The van der Waals surface area contributed by atoms with E-state index in [9.17, 15) is 4.79 Å². The minimum atomic E-state index is -0.0668. The summed E-state index contributed by atoms with van der Waals surface area (Å²) in [5.41, 5.74) is 1.16. The third-order valence-electron chi connectivity index (χ3n) is 7.61. The van der Waals surface area contributed by atoms with Gasteiger partial charge >= 0.3 is 5.97 Å². The Bertz CT molecular complexity index is 573. The van der Waals surface area contributed by atoms with Crippen molar-refractivity contribution >= 4 is 5.97 Å². The van der Waals surface area contributed by atoms with Crippen molar-refractivity contribution in [3.63, 3.8) is 0 Å². The largest absolute Gasteiger partial charge is 0.461 e. The lowest BCUT2D eigenvalue weighted by Crippen LogP contribution is -2.51. The maximum absolute atomic E-state index is 12.2. The van der Waals surface area contributed by atoms with Gasteiger partial charge in [-0.05, 0) is 55.8 Å². The summed E-state index contributed by atoms with van der Waals surface area (Å²) < 4.78 is 11.2. The van der Waals surface area contributed by atoms with E-state index in [0.717, 1.165) is 37.9 Å². The van der Waals surface area contributed by atoms with Gasteiger partial charge in [0, 0.05) is 11.0 Å². The molecule has 3 nitrogen and oxygen atoms in total. The molecule has 2 heterocycles. The Morgan fingerprint density at radius 2 is 2.13 bits per heavy atom. The number of allylic oxidation sites excluding steroid dienone is 1. The molecular formula is C20H28O3. The van der Waals surface area contributed by atoms with Crippen molar-refractivity contribution in [1.29, 1.82) is 0 Å². The molecule has 0 bridgehead atoms. The molecule has 0 N–H and O–H groups in total. The number of esters is 1. The zero-order valence-electron chi connectivity index (χ0n) is 14.4. The average molecular weight is 316 g/mol. The number of carbonyl (C=O) groups excluding carboxylic acids is 1. The normalized spacial score (nSPS) is 48.1. The van der Waals surface area contributed by atoms with Crippen LogP contribution in [0.15, 0.2) is 24.3 Å². The number of hydrogen-bond donors (Lipinski definition) is 0. The van der Waals surface area contributed by atoms with Crippen LogP contribution in [0.2, 0.25) is 0 Å². The van der Waals surface area contributed by atoms with Crippen LogP contribution in [0, 0.1) is 22.7 Å². The van der Waals surface area contributed by atoms with Crippen LogP contribution in [-0.4, -0.2) is 24.8 Å². The van der Waals surface area contributed by atoms with Crippen LogP contribution in [-0.2, 0) is 14.3 Å². The monoisotopic (exact) mass is 316 g/mol. The molecule has 2 unspecified atom stereocenters. The molecule has 1 saturated carbocycles. The lowest BCUT2D eigenvalue weighted by Gasteiger charge is -2.56. The summed E-state index contributed by atoms with van der Waals surface area (Å²) >= 11 is 0. The molecular weight excluding hydrogens is 288 g/mol. The summed E-state index contributed by atoms with van der Waals surface area (Å²) in [6.07, 6.45) is 10.8. The fraction of sp³-hybridized carbons (Fsp3) is 0.750. The summed E-state index contributed by atoms with van der Waals surface area (Å²) in [6, 6.07) is 0. The highest BCUT2D eigenvalue weighted by Gasteiger charge is 2.61. The number of epoxide rings is 1. The highest BCUT2D eigenvalue weighted by molar-refractivity contribution is 5.92. The molecule has 1 spiro atoms. The quantitative estimate of drug-likeness (QED) is 0.446. The zero-order valence-corrected chi connectivity index (χ0v) is 14.4. The van der Waals surface area contributed by atoms with E-state index in [1.165, 1.54) is 12.8 Å². The van der Waals surface area contributed by atoms with Crippen molar-refractivity contribution < 1.29 is 14.3 Å². The van der Waals surface area contributed by atoms with Gasteiger partial charge in [-0.25, -0.2) is 4.79 Å².